The quantitative estimate of drug-likeness (QED) is 0.707. The summed E-state index contributed by atoms with van der Waals surface area (Å²) in [5, 5.41) is 5.06. The number of hydrogen-bond donors (Lipinski definition) is 2. The summed E-state index contributed by atoms with van der Waals surface area (Å²) in [6.07, 6.45) is 0.0374. The van der Waals surface area contributed by atoms with Crippen LogP contribution in [-0.4, -0.2) is 43.8 Å². The first kappa shape index (κ1) is 18.5. The van der Waals surface area contributed by atoms with Gasteiger partial charge in [-0.05, 0) is 25.5 Å². The molecule has 0 saturated carbocycles. The van der Waals surface area contributed by atoms with Crippen molar-refractivity contribution in [2.45, 2.75) is 26.3 Å². The normalized spacial score (nSPS) is 11.2. The zero-order valence-electron chi connectivity index (χ0n) is 13.3. The van der Waals surface area contributed by atoms with Gasteiger partial charge in [-0.1, -0.05) is 25.1 Å². The van der Waals surface area contributed by atoms with Gasteiger partial charge in [-0.25, -0.2) is 4.79 Å². The third-order valence-electron chi connectivity index (χ3n) is 2.96. The molecule has 0 heterocycles. The summed E-state index contributed by atoms with van der Waals surface area (Å²) in [6, 6.07) is 8.24. The minimum Gasteiger partial charge on any atom is -0.462 e. The van der Waals surface area contributed by atoms with Gasteiger partial charge in [-0.2, -0.15) is 0 Å². The Morgan fingerprint density at radius 2 is 1.78 bits per heavy atom. The molecule has 0 unspecified atom stereocenters. The Hall–Kier alpha value is -2.57. The van der Waals surface area contributed by atoms with Crippen molar-refractivity contribution in [1.29, 1.82) is 0 Å². The van der Waals surface area contributed by atoms with Crippen LogP contribution in [0.3, 0.4) is 0 Å². The predicted octanol–water partition coefficient (Wildman–Crippen LogP) is 1.48. The summed E-state index contributed by atoms with van der Waals surface area (Å²) in [5.41, 5.74) is 0.468. The van der Waals surface area contributed by atoms with Crippen molar-refractivity contribution >= 4 is 18.0 Å². The second kappa shape index (κ2) is 10.2. The van der Waals surface area contributed by atoms with Gasteiger partial charge in [0.2, 0.25) is 0 Å². The molecule has 0 aliphatic heterocycles. The van der Waals surface area contributed by atoms with E-state index < -0.39 is 12.1 Å². The molecule has 0 aliphatic carbocycles. The summed E-state index contributed by atoms with van der Waals surface area (Å²) in [4.78, 5) is 34.7. The lowest BCUT2D eigenvalue weighted by molar-refractivity contribution is -0.143. The van der Waals surface area contributed by atoms with Crippen molar-refractivity contribution in [2.24, 2.45) is 0 Å². The van der Waals surface area contributed by atoms with Crippen LogP contribution < -0.4 is 10.6 Å². The van der Waals surface area contributed by atoms with Crippen LogP contribution >= 0.6 is 0 Å². The van der Waals surface area contributed by atoms with Gasteiger partial charge in [0.05, 0.1) is 12.6 Å². The standard InChI is InChI=1S/C16H22N2O5/c1-3-13(18-16(21)22-4-2)11-23-14(19)10-17-15(20)12-8-6-5-7-9-12/h5-9,13H,3-4,10-11H2,1-2H3,(H,17,20)(H,18,21)/t13-/m1/s1. The zero-order chi connectivity index (χ0) is 17.1. The Labute approximate surface area is 135 Å². The Morgan fingerprint density at radius 3 is 2.39 bits per heavy atom. The number of esters is 1. The number of rotatable bonds is 8. The molecule has 1 aromatic rings. The van der Waals surface area contributed by atoms with E-state index in [9.17, 15) is 14.4 Å². The van der Waals surface area contributed by atoms with E-state index in [0.717, 1.165) is 0 Å². The van der Waals surface area contributed by atoms with E-state index in [-0.39, 0.29) is 31.7 Å². The smallest absolute Gasteiger partial charge is 0.407 e. The van der Waals surface area contributed by atoms with E-state index in [0.29, 0.717) is 12.0 Å². The van der Waals surface area contributed by atoms with Crippen LogP contribution in [0.5, 0.6) is 0 Å². The molecule has 2 amide bonds. The Morgan fingerprint density at radius 1 is 1.09 bits per heavy atom. The van der Waals surface area contributed by atoms with Crippen LogP contribution in [0, 0.1) is 0 Å². The van der Waals surface area contributed by atoms with Crippen molar-refractivity contribution in [3.8, 4) is 0 Å². The second-order valence-electron chi connectivity index (χ2n) is 4.70. The topological polar surface area (TPSA) is 93.7 Å². The van der Waals surface area contributed by atoms with Crippen molar-refractivity contribution < 1.29 is 23.9 Å². The van der Waals surface area contributed by atoms with Gasteiger partial charge >= 0.3 is 12.1 Å². The number of ether oxygens (including phenoxy) is 2. The average molecular weight is 322 g/mol. The number of hydrogen-bond acceptors (Lipinski definition) is 5. The van der Waals surface area contributed by atoms with E-state index in [1.54, 1.807) is 37.3 Å². The van der Waals surface area contributed by atoms with Crippen LogP contribution in [0.4, 0.5) is 4.79 Å². The van der Waals surface area contributed by atoms with E-state index in [4.69, 9.17) is 9.47 Å². The van der Waals surface area contributed by atoms with Gasteiger partial charge in [0.1, 0.15) is 13.2 Å². The summed E-state index contributed by atoms with van der Waals surface area (Å²) < 4.78 is 9.80. The average Bonchev–Trinajstić information content (AvgIpc) is 2.57. The molecule has 126 valence electrons. The fourth-order valence-electron chi connectivity index (χ4n) is 1.69. The van der Waals surface area contributed by atoms with Gasteiger partial charge in [0.25, 0.3) is 5.91 Å². The van der Waals surface area contributed by atoms with Gasteiger partial charge in [-0.3, -0.25) is 9.59 Å². The SMILES string of the molecule is CCOC(=O)N[C@H](CC)COC(=O)CNC(=O)c1ccccc1. The summed E-state index contributed by atoms with van der Waals surface area (Å²) >= 11 is 0. The summed E-state index contributed by atoms with van der Waals surface area (Å²) in [7, 11) is 0. The molecule has 0 radical (unpaired) electrons. The number of nitrogens with one attached hydrogen (secondary N) is 2. The maximum atomic E-state index is 11.8. The molecule has 1 rings (SSSR count). The lowest BCUT2D eigenvalue weighted by atomic mass is 10.2. The molecule has 0 bridgehead atoms. The van der Waals surface area contributed by atoms with E-state index in [1.807, 2.05) is 6.92 Å². The second-order valence-corrected chi connectivity index (χ2v) is 4.70. The van der Waals surface area contributed by atoms with Crippen LogP contribution in [0.1, 0.15) is 30.6 Å². The Kier molecular flexibility index (Phi) is 8.20. The van der Waals surface area contributed by atoms with E-state index in [2.05, 4.69) is 10.6 Å². The highest BCUT2D eigenvalue weighted by Gasteiger charge is 2.14. The lowest BCUT2D eigenvalue weighted by Crippen LogP contribution is -2.39. The molecule has 7 nitrogen and oxygen atoms in total. The highest BCUT2D eigenvalue weighted by atomic mass is 16.6. The molecule has 0 aliphatic rings. The molecule has 7 heteroatoms. The molecule has 0 spiro atoms. The largest absolute Gasteiger partial charge is 0.462 e. The fourth-order valence-corrected chi connectivity index (χ4v) is 1.69. The van der Waals surface area contributed by atoms with Gasteiger partial charge < -0.3 is 20.1 Å². The van der Waals surface area contributed by atoms with Gasteiger partial charge in [-0.15, -0.1) is 0 Å². The number of carbonyl (C=O) groups is 3. The van der Waals surface area contributed by atoms with Gasteiger partial charge in [0.15, 0.2) is 0 Å². The van der Waals surface area contributed by atoms with Crippen molar-refractivity contribution in [3.63, 3.8) is 0 Å². The number of alkyl carbamates (subject to hydrolysis) is 1. The molecule has 23 heavy (non-hydrogen) atoms. The third kappa shape index (κ3) is 7.30. The molecule has 2 N–H and O–H groups in total. The lowest BCUT2D eigenvalue weighted by Gasteiger charge is -2.16. The maximum Gasteiger partial charge on any atom is 0.407 e. The van der Waals surface area contributed by atoms with Crippen molar-refractivity contribution in [3.05, 3.63) is 35.9 Å². The first-order valence-electron chi connectivity index (χ1n) is 7.49. The summed E-state index contributed by atoms with van der Waals surface area (Å²) in [5.74, 6) is -0.919. The number of amides is 2. The van der Waals surface area contributed by atoms with Crippen molar-refractivity contribution in [1.82, 2.24) is 10.6 Å². The molecular formula is C16H22N2O5. The minimum absolute atomic E-state index is 0.0232. The molecule has 0 aromatic heterocycles. The van der Waals surface area contributed by atoms with Crippen LogP contribution in [-0.2, 0) is 14.3 Å². The Bertz CT molecular complexity index is 518. The monoisotopic (exact) mass is 322 g/mol. The molecule has 0 saturated heterocycles. The highest BCUT2D eigenvalue weighted by molar-refractivity contribution is 5.95. The van der Waals surface area contributed by atoms with Gasteiger partial charge in [0, 0.05) is 5.56 Å². The molecule has 1 aromatic carbocycles. The molecule has 0 fully saturated rings. The van der Waals surface area contributed by atoms with E-state index in [1.165, 1.54) is 0 Å². The first-order valence-corrected chi connectivity index (χ1v) is 7.49. The maximum absolute atomic E-state index is 11.8. The predicted molar refractivity (Wildman–Crippen MR) is 84.0 cm³/mol. The Balaban J connectivity index is 2.30. The van der Waals surface area contributed by atoms with E-state index >= 15 is 0 Å². The van der Waals surface area contributed by atoms with Crippen LogP contribution in [0.15, 0.2) is 30.3 Å². The molecular weight excluding hydrogens is 300 g/mol. The fraction of sp³-hybridized carbons (Fsp3) is 0.438. The first-order chi connectivity index (χ1) is 11.1. The zero-order valence-corrected chi connectivity index (χ0v) is 13.3. The molecule has 1 atom stereocenters. The van der Waals surface area contributed by atoms with Crippen molar-refractivity contribution in [2.75, 3.05) is 19.8 Å². The van der Waals surface area contributed by atoms with Crippen LogP contribution in [0.2, 0.25) is 0 Å². The van der Waals surface area contributed by atoms with Crippen LogP contribution in [0.25, 0.3) is 0 Å². The highest BCUT2D eigenvalue weighted by Crippen LogP contribution is 1.98. The number of benzene rings is 1. The third-order valence-corrected chi connectivity index (χ3v) is 2.96. The number of carbonyl (C=O) groups excluding carboxylic acids is 3. The minimum atomic E-state index is -0.571. The summed E-state index contributed by atoms with van der Waals surface area (Å²) in [6.45, 7) is 3.62.